The van der Waals surface area contributed by atoms with Crippen molar-refractivity contribution >= 4 is 22.6 Å². The first-order valence-electron chi connectivity index (χ1n) is 18.6. The molecule has 3 aliphatic heterocycles. The molecule has 5 atom stereocenters. The van der Waals surface area contributed by atoms with Crippen molar-refractivity contribution in [1.29, 1.82) is 0 Å². The van der Waals surface area contributed by atoms with Crippen LogP contribution < -0.4 is 14.9 Å². The first-order valence-corrected chi connectivity index (χ1v) is 18.6. The summed E-state index contributed by atoms with van der Waals surface area (Å²) >= 11 is 0. The van der Waals surface area contributed by atoms with Gasteiger partial charge in [-0.3, -0.25) is 9.59 Å². The Hall–Kier alpha value is -7.47. The van der Waals surface area contributed by atoms with E-state index in [0.29, 0.717) is 0 Å². The third-order valence-electron chi connectivity index (χ3n) is 11.2. The normalized spacial score (nSPS) is 20.9. The van der Waals surface area contributed by atoms with Gasteiger partial charge in [0, 0.05) is 60.7 Å². The molecule has 11 N–H and O–H groups in total. The fraction of sp³-hybridized carbons (Fsp3) is 0.262. The topological polar surface area (TPSA) is 305 Å². The average Bonchev–Trinajstić information content (AvgIpc) is 3.50. The minimum Gasteiger partial charge on any atom is -0.508 e. The summed E-state index contributed by atoms with van der Waals surface area (Å²) in [7, 11) is 0. The second kappa shape index (κ2) is 14.4. The van der Waals surface area contributed by atoms with Crippen molar-refractivity contribution in [2.75, 3.05) is 6.54 Å². The number of fused-ring (bicyclic) bond motifs is 3. The van der Waals surface area contributed by atoms with Gasteiger partial charge < -0.3 is 75.3 Å². The van der Waals surface area contributed by atoms with Gasteiger partial charge in [-0.1, -0.05) is 0 Å². The van der Waals surface area contributed by atoms with E-state index in [4.69, 9.17) is 14.2 Å². The van der Waals surface area contributed by atoms with Crippen molar-refractivity contribution in [2.45, 2.75) is 63.1 Å². The highest BCUT2D eigenvalue weighted by Gasteiger charge is 2.44. The maximum atomic E-state index is 13.9. The number of esters is 1. The number of aliphatic hydroxyl groups is 1. The van der Waals surface area contributed by atoms with E-state index in [2.05, 4.69) is 0 Å². The summed E-state index contributed by atoms with van der Waals surface area (Å²) in [5.74, 6) is -8.81. The molecule has 0 bridgehead atoms. The van der Waals surface area contributed by atoms with Crippen molar-refractivity contribution < 1.29 is 80.0 Å². The number of phenols is 9. The van der Waals surface area contributed by atoms with Gasteiger partial charge in [-0.25, -0.2) is 4.79 Å². The highest BCUT2D eigenvalue weighted by Crippen LogP contribution is 2.53. The van der Waals surface area contributed by atoms with Gasteiger partial charge in [0.1, 0.15) is 46.7 Å². The van der Waals surface area contributed by atoms with Crippen LogP contribution in [-0.2, 0) is 22.4 Å². The quantitative estimate of drug-likeness (QED) is 0.0855. The monoisotopic (exact) mass is 827 g/mol. The van der Waals surface area contributed by atoms with Crippen LogP contribution in [0.3, 0.4) is 0 Å². The van der Waals surface area contributed by atoms with Crippen molar-refractivity contribution in [3.63, 3.8) is 0 Å². The highest BCUT2D eigenvalue weighted by molar-refractivity contribution is 5.95. The van der Waals surface area contributed by atoms with Gasteiger partial charge in [-0.2, -0.15) is 0 Å². The van der Waals surface area contributed by atoms with Gasteiger partial charge in [-0.15, -0.1) is 0 Å². The molecule has 5 aromatic rings. The van der Waals surface area contributed by atoms with Crippen LogP contribution in [0.5, 0.6) is 69.0 Å². The molecule has 5 aromatic carbocycles. The molecular formula is C42H37NO17. The number of nitrogens with zero attached hydrogens (tertiary/aromatic N) is 1. The summed E-state index contributed by atoms with van der Waals surface area (Å²) in [5, 5.41) is 117. The Morgan fingerprint density at radius 1 is 0.733 bits per heavy atom. The van der Waals surface area contributed by atoms with Crippen LogP contribution in [0.2, 0.25) is 0 Å². The lowest BCUT2D eigenvalue weighted by Crippen LogP contribution is -2.36. The molecule has 0 aromatic heterocycles. The number of carbonyl (C=O) groups is 2. The van der Waals surface area contributed by atoms with Crippen LogP contribution >= 0.6 is 0 Å². The van der Waals surface area contributed by atoms with E-state index >= 15 is 0 Å². The Labute approximate surface area is 337 Å². The van der Waals surface area contributed by atoms with E-state index in [1.807, 2.05) is 0 Å². The summed E-state index contributed by atoms with van der Waals surface area (Å²) < 4.78 is 18.5. The summed E-state index contributed by atoms with van der Waals surface area (Å²) in [6.45, 7) is 1.97. The van der Waals surface area contributed by atoms with Gasteiger partial charge in [0.2, 0.25) is 11.3 Å². The summed E-state index contributed by atoms with van der Waals surface area (Å²) in [6, 6.07) is 7.30. The molecule has 0 radical (unpaired) electrons. The van der Waals surface area contributed by atoms with Gasteiger partial charge in [0.25, 0.3) is 0 Å². The van der Waals surface area contributed by atoms with Crippen LogP contribution in [0.15, 0.2) is 53.3 Å². The second-order valence-electron chi connectivity index (χ2n) is 14.8. The molecular weight excluding hydrogens is 790 g/mol. The summed E-state index contributed by atoms with van der Waals surface area (Å²) in [5.41, 5.74) is -1.71. The Bertz CT molecular complexity index is 2690. The van der Waals surface area contributed by atoms with Crippen molar-refractivity contribution in [2.24, 2.45) is 0 Å². The first-order chi connectivity index (χ1) is 28.5. The summed E-state index contributed by atoms with van der Waals surface area (Å²) in [6.07, 6.45) is -6.32. The fourth-order valence-electron chi connectivity index (χ4n) is 8.37. The van der Waals surface area contributed by atoms with Gasteiger partial charge >= 0.3 is 5.97 Å². The molecule has 18 nitrogen and oxygen atoms in total. The number of aliphatic hydroxyl groups excluding tert-OH is 1. The largest absolute Gasteiger partial charge is 0.508 e. The number of amides is 1. The number of hydrogen-bond acceptors (Lipinski definition) is 17. The Kier molecular flexibility index (Phi) is 9.46. The van der Waals surface area contributed by atoms with E-state index in [-0.39, 0.29) is 87.9 Å². The number of rotatable bonds is 6. The lowest BCUT2D eigenvalue weighted by Gasteiger charge is -2.37. The molecule has 1 amide bonds. The predicted octanol–water partition coefficient (Wildman–Crippen LogP) is 3.88. The standard InChI is InChI=1S/C42H37NO17/c1-2-43-22(3-4-33(43)53)35-25(47)14-24(46)21-13-32(59-42(57)16-7-26(48)36(54)27(49)8-16)40(60-41(21)35)19-11-29(51)38(56)34-18(19)5-15(6-28(50)37(34)55)39-30(52)12-20-23(45)9-17(44)10-31(20)58-39/h5-11,14,22,30,32,39-40,44-49,51-52,54,56H,2-4,12-13H2,1H3,(H,50,55)/t22?,30?,32-,39?,40?/m1/s1. The second-order valence-corrected chi connectivity index (χ2v) is 14.8. The van der Waals surface area contributed by atoms with E-state index in [0.717, 1.165) is 36.4 Å². The van der Waals surface area contributed by atoms with Crippen LogP contribution in [0, 0.1) is 0 Å². The van der Waals surface area contributed by atoms with E-state index in [9.17, 15) is 70.6 Å². The molecule has 8 rings (SSSR count). The molecule has 0 spiro atoms. The first kappa shape index (κ1) is 39.4. The Morgan fingerprint density at radius 2 is 1.42 bits per heavy atom. The Morgan fingerprint density at radius 3 is 2.12 bits per heavy atom. The molecule has 0 aliphatic carbocycles. The maximum Gasteiger partial charge on any atom is 0.338 e. The van der Waals surface area contributed by atoms with Gasteiger partial charge in [0.15, 0.2) is 40.6 Å². The minimum atomic E-state index is -1.65. The molecule has 0 saturated carbocycles. The van der Waals surface area contributed by atoms with Crippen LogP contribution in [0.4, 0.5) is 0 Å². The number of carbonyl (C=O) groups excluding carboxylic acids is 2. The number of phenolic OH excluding ortho intramolecular Hbond substituents is 9. The fourth-order valence-corrected chi connectivity index (χ4v) is 8.37. The zero-order chi connectivity index (χ0) is 43.1. The molecule has 18 heteroatoms. The summed E-state index contributed by atoms with van der Waals surface area (Å²) in [4.78, 5) is 42.0. The van der Waals surface area contributed by atoms with Crippen LogP contribution in [-0.4, -0.2) is 91.7 Å². The van der Waals surface area contributed by atoms with Gasteiger partial charge in [-0.05, 0) is 54.6 Å². The van der Waals surface area contributed by atoms with E-state index in [1.165, 1.54) is 17.0 Å². The maximum absolute atomic E-state index is 13.9. The number of ether oxygens (including phenoxy) is 3. The molecule has 4 unspecified atom stereocenters. The predicted molar refractivity (Wildman–Crippen MR) is 205 cm³/mol. The SMILES string of the molecule is CCN1C(=O)CCC1c1c(O)cc(O)c2c1OC(c1cc(O)c(O)c3c(=O)c(O)cc(C4Oc5cc(O)cc(O)c5CC4O)cc13)[C@H](OC(=O)c1cc(O)c(O)c(O)c1)C2. The molecule has 60 heavy (non-hydrogen) atoms. The number of benzene rings is 4. The molecule has 312 valence electrons. The number of aromatic hydroxyl groups is 10. The minimum absolute atomic E-state index is 0.00765. The van der Waals surface area contributed by atoms with Crippen molar-refractivity contribution in [1.82, 2.24) is 4.90 Å². The molecule has 1 fully saturated rings. The molecule has 1 saturated heterocycles. The third-order valence-corrected chi connectivity index (χ3v) is 11.2. The van der Waals surface area contributed by atoms with Crippen LogP contribution in [0.25, 0.3) is 10.8 Å². The van der Waals surface area contributed by atoms with E-state index in [1.54, 1.807) is 6.92 Å². The zero-order valence-corrected chi connectivity index (χ0v) is 31.4. The lowest BCUT2D eigenvalue weighted by atomic mass is 9.87. The third kappa shape index (κ3) is 6.37. The van der Waals surface area contributed by atoms with Crippen molar-refractivity contribution in [3.05, 3.63) is 92.1 Å². The average molecular weight is 828 g/mol. The highest BCUT2D eigenvalue weighted by atomic mass is 16.6. The Balaban J connectivity index is 1.35. The lowest BCUT2D eigenvalue weighted by molar-refractivity contribution is -0.128. The van der Waals surface area contributed by atoms with Crippen LogP contribution in [0.1, 0.15) is 76.2 Å². The van der Waals surface area contributed by atoms with Crippen molar-refractivity contribution in [3.8, 4) is 69.0 Å². The number of likely N-dealkylation sites (tertiary alicyclic amines) is 1. The zero-order valence-electron chi connectivity index (χ0n) is 31.4. The molecule has 3 aliphatic rings. The smallest absolute Gasteiger partial charge is 0.338 e. The van der Waals surface area contributed by atoms with Gasteiger partial charge in [0.05, 0.1) is 28.7 Å². The number of hydrogen-bond donors (Lipinski definition) is 11. The molecule has 3 heterocycles. The van der Waals surface area contributed by atoms with E-state index < -0.39 is 105 Å².